The van der Waals surface area contributed by atoms with Crippen molar-refractivity contribution in [2.45, 2.75) is 6.04 Å². The highest BCUT2D eigenvalue weighted by Crippen LogP contribution is 1.88. The van der Waals surface area contributed by atoms with Crippen LogP contribution >= 0.6 is 0 Å². The van der Waals surface area contributed by atoms with Crippen LogP contribution in [-0.2, 0) is 4.79 Å². The molecule has 0 bridgehead atoms. The number of hydrogen-bond acceptors (Lipinski definition) is 2. The summed E-state index contributed by atoms with van der Waals surface area (Å²) >= 11 is 0. The molecule has 0 aliphatic carbocycles. The smallest absolute Gasteiger partial charge is 0.242 e. The summed E-state index contributed by atoms with van der Waals surface area (Å²) in [7, 11) is 0. The molecule has 1 unspecified atom stereocenters. The summed E-state index contributed by atoms with van der Waals surface area (Å²) in [5.74, 6) is 0.0139. The average molecular weight is 112 g/mol. The van der Waals surface area contributed by atoms with Gasteiger partial charge in [-0.05, 0) is 0 Å². The standard InChI is InChI=1S/C5H8N2O/c1-2-4-5(8)7-3-6-4/h2,4,6H,1,3H2,(H,7,8). The first kappa shape index (κ1) is 5.31. The van der Waals surface area contributed by atoms with Gasteiger partial charge in [0.15, 0.2) is 0 Å². The Morgan fingerprint density at radius 3 is 2.88 bits per heavy atom. The maximum atomic E-state index is 10.6. The van der Waals surface area contributed by atoms with E-state index in [2.05, 4.69) is 17.2 Å². The van der Waals surface area contributed by atoms with Crippen LogP contribution < -0.4 is 10.6 Å². The predicted octanol–water partition coefficient (Wildman–Crippen LogP) is -0.782. The molecule has 2 N–H and O–H groups in total. The number of amides is 1. The molecular formula is C5H8N2O. The Balaban J connectivity index is 2.54. The zero-order valence-electron chi connectivity index (χ0n) is 4.48. The van der Waals surface area contributed by atoms with E-state index in [0.29, 0.717) is 6.67 Å². The molecule has 3 heteroatoms. The van der Waals surface area contributed by atoms with Crippen LogP contribution in [0.5, 0.6) is 0 Å². The summed E-state index contributed by atoms with van der Waals surface area (Å²) in [6.07, 6.45) is 1.59. The molecule has 1 rings (SSSR count). The summed E-state index contributed by atoms with van der Waals surface area (Å²) in [4.78, 5) is 10.6. The number of nitrogens with one attached hydrogen (secondary N) is 2. The predicted molar refractivity (Wildman–Crippen MR) is 30.1 cm³/mol. The van der Waals surface area contributed by atoms with E-state index in [1.165, 1.54) is 0 Å². The van der Waals surface area contributed by atoms with E-state index in [1.807, 2.05) is 0 Å². The first-order valence-corrected chi connectivity index (χ1v) is 2.48. The zero-order valence-corrected chi connectivity index (χ0v) is 4.48. The first-order valence-electron chi connectivity index (χ1n) is 2.48. The van der Waals surface area contributed by atoms with Crippen molar-refractivity contribution >= 4 is 5.91 Å². The van der Waals surface area contributed by atoms with Crippen molar-refractivity contribution < 1.29 is 4.79 Å². The SMILES string of the molecule is C=CC1NCNC1=O. The number of rotatable bonds is 1. The van der Waals surface area contributed by atoms with E-state index in [4.69, 9.17) is 0 Å². The van der Waals surface area contributed by atoms with Crippen molar-refractivity contribution in [2.75, 3.05) is 6.67 Å². The van der Waals surface area contributed by atoms with Crippen LogP contribution in [0.1, 0.15) is 0 Å². The largest absolute Gasteiger partial charge is 0.342 e. The van der Waals surface area contributed by atoms with Gasteiger partial charge in [0.05, 0.1) is 6.67 Å². The molecule has 0 aromatic carbocycles. The molecule has 1 heterocycles. The Hall–Kier alpha value is -0.830. The zero-order chi connectivity index (χ0) is 5.98. The van der Waals surface area contributed by atoms with Gasteiger partial charge in [-0.1, -0.05) is 6.08 Å². The van der Waals surface area contributed by atoms with Gasteiger partial charge in [-0.15, -0.1) is 6.58 Å². The van der Waals surface area contributed by atoms with Crippen LogP contribution in [0.2, 0.25) is 0 Å². The molecule has 8 heavy (non-hydrogen) atoms. The van der Waals surface area contributed by atoms with Crippen molar-refractivity contribution in [1.82, 2.24) is 10.6 Å². The fourth-order valence-electron chi connectivity index (χ4n) is 0.641. The third-order valence-corrected chi connectivity index (χ3v) is 1.10. The van der Waals surface area contributed by atoms with Crippen LogP contribution in [0.3, 0.4) is 0 Å². The Morgan fingerprint density at radius 2 is 2.62 bits per heavy atom. The summed E-state index contributed by atoms with van der Waals surface area (Å²) < 4.78 is 0. The lowest BCUT2D eigenvalue weighted by Gasteiger charge is -1.94. The van der Waals surface area contributed by atoms with Gasteiger partial charge in [0.2, 0.25) is 5.91 Å². The molecule has 0 aromatic rings. The Morgan fingerprint density at radius 1 is 1.88 bits per heavy atom. The van der Waals surface area contributed by atoms with Gasteiger partial charge in [0, 0.05) is 0 Å². The van der Waals surface area contributed by atoms with Crippen molar-refractivity contribution in [1.29, 1.82) is 0 Å². The quantitative estimate of drug-likeness (QED) is 0.437. The monoisotopic (exact) mass is 112 g/mol. The van der Waals surface area contributed by atoms with Crippen LogP contribution in [0.15, 0.2) is 12.7 Å². The average Bonchev–Trinajstić information content (AvgIpc) is 2.14. The van der Waals surface area contributed by atoms with Crippen molar-refractivity contribution in [3.05, 3.63) is 12.7 Å². The minimum atomic E-state index is -0.171. The van der Waals surface area contributed by atoms with Crippen molar-refractivity contribution in [3.63, 3.8) is 0 Å². The van der Waals surface area contributed by atoms with E-state index in [9.17, 15) is 4.79 Å². The van der Waals surface area contributed by atoms with Crippen LogP contribution in [0.25, 0.3) is 0 Å². The molecule has 1 aliphatic rings. The molecule has 0 radical (unpaired) electrons. The number of hydrogen-bond donors (Lipinski definition) is 2. The van der Waals surface area contributed by atoms with Crippen molar-refractivity contribution in [2.24, 2.45) is 0 Å². The van der Waals surface area contributed by atoms with E-state index in [0.717, 1.165) is 0 Å². The highest BCUT2D eigenvalue weighted by molar-refractivity contribution is 5.85. The Kier molecular flexibility index (Phi) is 1.30. The number of carbonyl (C=O) groups is 1. The third kappa shape index (κ3) is 0.721. The van der Waals surface area contributed by atoms with Crippen molar-refractivity contribution in [3.8, 4) is 0 Å². The van der Waals surface area contributed by atoms with Gasteiger partial charge in [0.1, 0.15) is 6.04 Å². The third-order valence-electron chi connectivity index (χ3n) is 1.10. The maximum Gasteiger partial charge on any atom is 0.242 e. The molecule has 1 saturated heterocycles. The Bertz CT molecular complexity index is 122. The van der Waals surface area contributed by atoms with E-state index >= 15 is 0 Å². The highest BCUT2D eigenvalue weighted by Gasteiger charge is 2.18. The van der Waals surface area contributed by atoms with Crippen LogP contribution in [0, 0.1) is 0 Å². The van der Waals surface area contributed by atoms with E-state index in [1.54, 1.807) is 6.08 Å². The Labute approximate surface area is 47.8 Å². The van der Waals surface area contributed by atoms with Gasteiger partial charge in [-0.25, -0.2) is 0 Å². The molecule has 0 saturated carbocycles. The molecular weight excluding hydrogens is 104 g/mol. The fraction of sp³-hybridized carbons (Fsp3) is 0.400. The lowest BCUT2D eigenvalue weighted by molar-refractivity contribution is -0.119. The topological polar surface area (TPSA) is 41.1 Å². The minimum Gasteiger partial charge on any atom is -0.342 e. The van der Waals surface area contributed by atoms with Gasteiger partial charge in [0.25, 0.3) is 0 Å². The molecule has 1 aliphatic heterocycles. The molecule has 3 nitrogen and oxygen atoms in total. The fourth-order valence-corrected chi connectivity index (χ4v) is 0.641. The molecule has 0 aromatic heterocycles. The number of carbonyl (C=O) groups excluding carboxylic acids is 1. The first-order chi connectivity index (χ1) is 3.84. The van der Waals surface area contributed by atoms with Gasteiger partial charge >= 0.3 is 0 Å². The van der Waals surface area contributed by atoms with Gasteiger partial charge in [-0.2, -0.15) is 0 Å². The normalized spacial score (nSPS) is 27.5. The molecule has 1 atom stereocenters. The molecule has 0 spiro atoms. The summed E-state index contributed by atoms with van der Waals surface area (Å²) in [6.45, 7) is 4.03. The van der Waals surface area contributed by atoms with Gasteiger partial charge < -0.3 is 5.32 Å². The lowest BCUT2D eigenvalue weighted by Crippen LogP contribution is -2.25. The summed E-state index contributed by atoms with van der Waals surface area (Å²) in [6, 6.07) is -0.171. The van der Waals surface area contributed by atoms with E-state index < -0.39 is 0 Å². The molecule has 44 valence electrons. The van der Waals surface area contributed by atoms with E-state index in [-0.39, 0.29) is 11.9 Å². The second-order valence-corrected chi connectivity index (χ2v) is 1.64. The molecule has 1 fully saturated rings. The van der Waals surface area contributed by atoms with Gasteiger partial charge in [-0.3, -0.25) is 10.1 Å². The highest BCUT2D eigenvalue weighted by atomic mass is 16.2. The summed E-state index contributed by atoms with van der Waals surface area (Å²) in [5, 5.41) is 5.48. The summed E-state index contributed by atoms with van der Waals surface area (Å²) in [5.41, 5.74) is 0. The van der Waals surface area contributed by atoms with Crippen LogP contribution in [0.4, 0.5) is 0 Å². The second kappa shape index (κ2) is 1.96. The minimum absolute atomic E-state index is 0.0139. The molecule has 1 amide bonds. The lowest BCUT2D eigenvalue weighted by atomic mass is 10.3. The maximum absolute atomic E-state index is 10.6. The van der Waals surface area contributed by atoms with Crippen LogP contribution in [-0.4, -0.2) is 18.6 Å². The second-order valence-electron chi connectivity index (χ2n) is 1.64.